The number of halogens is 1. The Hall–Kier alpha value is -1.81. The second-order valence-electron chi connectivity index (χ2n) is 5.00. The van der Waals surface area contributed by atoms with Crippen molar-refractivity contribution in [3.8, 4) is 0 Å². The minimum atomic E-state index is 0.686. The number of rotatable bonds is 6. The third kappa shape index (κ3) is 4.33. The van der Waals surface area contributed by atoms with E-state index in [2.05, 4.69) is 27.5 Å². The molecule has 112 valence electrons. The molecule has 0 amide bonds. The molecule has 1 aromatic heterocycles. The SMILES string of the molecule is CCCNc1nc(C)nc(NCc2cccc(Cl)c2)c1C. The molecule has 2 N–H and O–H groups in total. The fourth-order valence-electron chi connectivity index (χ4n) is 2.05. The van der Waals surface area contributed by atoms with Gasteiger partial charge in [-0.25, -0.2) is 9.97 Å². The second-order valence-corrected chi connectivity index (χ2v) is 5.44. The lowest BCUT2D eigenvalue weighted by atomic mass is 10.2. The molecule has 0 radical (unpaired) electrons. The summed E-state index contributed by atoms with van der Waals surface area (Å²) in [6.07, 6.45) is 1.06. The lowest BCUT2D eigenvalue weighted by Gasteiger charge is -2.14. The molecule has 2 rings (SSSR count). The van der Waals surface area contributed by atoms with Crippen molar-refractivity contribution in [3.63, 3.8) is 0 Å². The second kappa shape index (κ2) is 7.27. The first-order valence-corrected chi connectivity index (χ1v) is 7.55. The Morgan fingerprint density at radius 1 is 1.10 bits per heavy atom. The molecule has 2 aromatic rings. The summed E-state index contributed by atoms with van der Waals surface area (Å²) < 4.78 is 0. The molecule has 0 saturated carbocycles. The Bertz CT molecular complexity index is 613. The molecule has 0 aliphatic carbocycles. The molecule has 1 aromatic carbocycles. The number of anilines is 2. The van der Waals surface area contributed by atoms with Crippen molar-refractivity contribution in [3.05, 3.63) is 46.2 Å². The molecule has 5 heteroatoms. The summed E-state index contributed by atoms with van der Waals surface area (Å²) >= 11 is 6.00. The van der Waals surface area contributed by atoms with Gasteiger partial charge in [-0.05, 0) is 38.0 Å². The Morgan fingerprint density at radius 2 is 1.81 bits per heavy atom. The van der Waals surface area contributed by atoms with Crippen molar-refractivity contribution in [2.45, 2.75) is 33.7 Å². The Balaban J connectivity index is 2.14. The molecular weight excluding hydrogens is 284 g/mol. The molecule has 0 spiro atoms. The standard InChI is InChI=1S/C16H21ClN4/c1-4-8-18-15-11(2)16(21-12(3)20-15)19-10-13-6-5-7-14(17)9-13/h5-7,9H,4,8,10H2,1-3H3,(H2,18,19,20,21). The van der Waals surface area contributed by atoms with Crippen molar-refractivity contribution in [1.29, 1.82) is 0 Å². The van der Waals surface area contributed by atoms with E-state index >= 15 is 0 Å². The molecular formula is C16H21ClN4. The van der Waals surface area contributed by atoms with E-state index in [1.54, 1.807) is 0 Å². The molecule has 4 nitrogen and oxygen atoms in total. The van der Waals surface area contributed by atoms with Crippen LogP contribution in [0.4, 0.5) is 11.6 Å². The van der Waals surface area contributed by atoms with Gasteiger partial charge in [0.1, 0.15) is 17.5 Å². The van der Waals surface area contributed by atoms with Crippen molar-refractivity contribution >= 4 is 23.2 Å². The minimum Gasteiger partial charge on any atom is -0.370 e. The van der Waals surface area contributed by atoms with E-state index in [1.807, 2.05) is 38.1 Å². The van der Waals surface area contributed by atoms with E-state index < -0.39 is 0 Å². The average Bonchev–Trinajstić information content (AvgIpc) is 2.46. The number of aryl methyl sites for hydroxylation is 1. The van der Waals surface area contributed by atoms with Crippen molar-refractivity contribution in [2.24, 2.45) is 0 Å². The van der Waals surface area contributed by atoms with Crippen molar-refractivity contribution in [2.75, 3.05) is 17.2 Å². The lowest BCUT2D eigenvalue weighted by molar-refractivity contribution is 0.942. The van der Waals surface area contributed by atoms with Gasteiger partial charge in [0.25, 0.3) is 0 Å². The number of nitrogens with one attached hydrogen (secondary N) is 2. The van der Waals surface area contributed by atoms with Gasteiger partial charge in [-0.2, -0.15) is 0 Å². The van der Waals surface area contributed by atoms with Crippen LogP contribution in [-0.4, -0.2) is 16.5 Å². The molecule has 0 atom stereocenters. The predicted molar refractivity (Wildman–Crippen MR) is 89.1 cm³/mol. The van der Waals surface area contributed by atoms with Crippen LogP contribution in [0.2, 0.25) is 5.02 Å². The third-order valence-electron chi connectivity index (χ3n) is 3.15. The number of benzene rings is 1. The van der Waals surface area contributed by atoms with Crippen LogP contribution in [0.15, 0.2) is 24.3 Å². The van der Waals surface area contributed by atoms with Gasteiger partial charge >= 0.3 is 0 Å². The van der Waals surface area contributed by atoms with Crippen LogP contribution in [0.5, 0.6) is 0 Å². The Kier molecular flexibility index (Phi) is 5.39. The quantitative estimate of drug-likeness (QED) is 0.840. The van der Waals surface area contributed by atoms with Gasteiger partial charge in [0.15, 0.2) is 0 Å². The van der Waals surface area contributed by atoms with Gasteiger partial charge in [-0.15, -0.1) is 0 Å². The summed E-state index contributed by atoms with van der Waals surface area (Å²) in [4.78, 5) is 8.94. The average molecular weight is 305 g/mol. The molecule has 1 heterocycles. The van der Waals surface area contributed by atoms with Crippen LogP contribution in [0.25, 0.3) is 0 Å². The zero-order valence-corrected chi connectivity index (χ0v) is 13.5. The van der Waals surface area contributed by atoms with Crippen molar-refractivity contribution in [1.82, 2.24) is 9.97 Å². The van der Waals surface area contributed by atoms with Gasteiger partial charge in [-0.3, -0.25) is 0 Å². The highest BCUT2D eigenvalue weighted by Crippen LogP contribution is 2.21. The first-order chi connectivity index (χ1) is 10.1. The minimum absolute atomic E-state index is 0.686. The number of hydrogen-bond acceptors (Lipinski definition) is 4. The number of aromatic nitrogens is 2. The first kappa shape index (κ1) is 15.6. The van der Waals surface area contributed by atoms with E-state index in [-0.39, 0.29) is 0 Å². The van der Waals surface area contributed by atoms with Gasteiger partial charge in [-0.1, -0.05) is 30.7 Å². The van der Waals surface area contributed by atoms with Crippen LogP contribution in [0.3, 0.4) is 0 Å². The summed E-state index contributed by atoms with van der Waals surface area (Å²) in [5, 5.41) is 7.45. The Morgan fingerprint density at radius 3 is 2.48 bits per heavy atom. The highest BCUT2D eigenvalue weighted by atomic mass is 35.5. The van der Waals surface area contributed by atoms with Gasteiger partial charge in [0.2, 0.25) is 0 Å². The monoisotopic (exact) mass is 304 g/mol. The highest BCUT2D eigenvalue weighted by molar-refractivity contribution is 6.30. The molecule has 0 fully saturated rings. The van der Waals surface area contributed by atoms with Crippen LogP contribution < -0.4 is 10.6 Å². The summed E-state index contributed by atoms with van der Waals surface area (Å²) in [7, 11) is 0. The Labute approximate surface area is 131 Å². The summed E-state index contributed by atoms with van der Waals surface area (Å²) in [6, 6.07) is 7.82. The van der Waals surface area contributed by atoms with Crippen molar-refractivity contribution < 1.29 is 0 Å². The predicted octanol–water partition coefficient (Wildman–Crippen LogP) is 4.18. The summed E-state index contributed by atoms with van der Waals surface area (Å²) in [6.45, 7) is 7.66. The van der Waals surface area contributed by atoms with E-state index in [4.69, 9.17) is 11.6 Å². The largest absolute Gasteiger partial charge is 0.370 e. The molecule has 21 heavy (non-hydrogen) atoms. The van der Waals surface area contributed by atoms with E-state index in [0.29, 0.717) is 6.54 Å². The normalized spacial score (nSPS) is 10.5. The van der Waals surface area contributed by atoms with E-state index in [1.165, 1.54) is 0 Å². The zero-order valence-electron chi connectivity index (χ0n) is 12.7. The van der Waals surface area contributed by atoms with E-state index in [0.717, 1.165) is 46.6 Å². The molecule has 0 unspecified atom stereocenters. The lowest BCUT2D eigenvalue weighted by Crippen LogP contribution is -2.10. The maximum absolute atomic E-state index is 6.00. The van der Waals surface area contributed by atoms with Gasteiger partial charge < -0.3 is 10.6 Å². The maximum Gasteiger partial charge on any atom is 0.135 e. The van der Waals surface area contributed by atoms with Gasteiger partial charge in [0.05, 0.1) is 0 Å². The highest BCUT2D eigenvalue weighted by Gasteiger charge is 2.08. The third-order valence-corrected chi connectivity index (χ3v) is 3.38. The fraction of sp³-hybridized carbons (Fsp3) is 0.375. The molecule has 0 bridgehead atoms. The number of nitrogens with zero attached hydrogens (tertiary/aromatic N) is 2. The van der Waals surface area contributed by atoms with E-state index in [9.17, 15) is 0 Å². The first-order valence-electron chi connectivity index (χ1n) is 7.17. The van der Waals surface area contributed by atoms with Crippen LogP contribution in [-0.2, 0) is 6.54 Å². The zero-order chi connectivity index (χ0) is 15.2. The molecule has 0 saturated heterocycles. The summed E-state index contributed by atoms with van der Waals surface area (Å²) in [5.41, 5.74) is 2.16. The van der Waals surface area contributed by atoms with Crippen LogP contribution in [0, 0.1) is 13.8 Å². The molecule has 0 aliphatic rings. The fourth-order valence-corrected chi connectivity index (χ4v) is 2.26. The topological polar surface area (TPSA) is 49.8 Å². The van der Waals surface area contributed by atoms with Crippen LogP contribution >= 0.6 is 11.6 Å². The molecule has 0 aliphatic heterocycles. The smallest absolute Gasteiger partial charge is 0.135 e. The maximum atomic E-state index is 6.00. The summed E-state index contributed by atoms with van der Waals surface area (Å²) in [5.74, 6) is 2.52. The van der Waals surface area contributed by atoms with Crippen LogP contribution in [0.1, 0.15) is 30.3 Å². The van der Waals surface area contributed by atoms with Gasteiger partial charge in [0, 0.05) is 23.7 Å². The number of hydrogen-bond donors (Lipinski definition) is 2.